The van der Waals surface area contributed by atoms with E-state index in [2.05, 4.69) is 10.3 Å². The van der Waals surface area contributed by atoms with Crippen molar-refractivity contribution in [3.05, 3.63) is 0 Å². The number of rotatable bonds is 4. The van der Waals surface area contributed by atoms with E-state index < -0.39 is 14.6 Å². The van der Waals surface area contributed by atoms with Crippen LogP contribution in [0.15, 0.2) is 4.99 Å². The summed E-state index contributed by atoms with van der Waals surface area (Å²) in [5, 5.41) is 3.28. The lowest BCUT2D eigenvalue weighted by Gasteiger charge is -2.39. The lowest BCUT2D eigenvalue weighted by molar-refractivity contribution is -0.127. The second-order valence-corrected chi connectivity index (χ2v) is 10.2. The van der Waals surface area contributed by atoms with E-state index in [-0.39, 0.29) is 48.3 Å². The highest BCUT2D eigenvalue weighted by Gasteiger charge is 2.41. The van der Waals surface area contributed by atoms with Crippen LogP contribution in [0.3, 0.4) is 0 Å². The lowest BCUT2D eigenvalue weighted by Crippen LogP contribution is -2.57. The van der Waals surface area contributed by atoms with Gasteiger partial charge >= 0.3 is 0 Å². The van der Waals surface area contributed by atoms with E-state index in [4.69, 9.17) is 4.74 Å². The SMILES string of the molecule is CN(C)C(=O)CN=C(NCC1CCCO1)N1CCS(=O)(=O)C(C)(C)C1.I. The van der Waals surface area contributed by atoms with Crippen molar-refractivity contribution < 1.29 is 17.9 Å². The Balaban J connectivity index is 0.00000338. The number of hydrogen-bond donors (Lipinski definition) is 1. The zero-order chi connectivity index (χ0) is 18.7. The first-order valence-corrected chi connectivity index (χ1v) is 10.3. The van der Waals surface area contributed by atoms with Crippen LogP contribution < -0.4 is 5.32 Å². The van der Waals surface area contributed by atoms with Gasteiger partial charge in [0.2, 0.25) is 5.91 Å². The van der Waals surface area contributed by atoms with Gasteiger partial charge in [-0.15, -0.1) is 24.0 Å². The second kappa shape index (κ2) is 9.54. The summed E-state index contributed by atoms with van der Waals surface area (Å²) < 4.78 is 29.2. The number of sulfone groups is 1. The van der Waals surface area contributed by atoms with E-state index in [1.165, 1.54) is 4.90 Å². The molecule has 0 saturated carbocycles. The first kappa shape index (κ1) is 23.4. The number of amides is 1. The molecule has 0 aliphatic carbocycles. The molecule has 2 fully saturated rings. The maximum atomic E-state index is 12.2. The maximum Gasteiger partial charge on any atom is 0.243 e. The van der Waals surface area contributed by atoms with Crippen molar-refractivity contribution in [2.75, 3.05) is 52.6 Å². The van der Waals surface area contributed by atoms with Crippen LogP contribution in [0.4, 0.5) is 0 Å². The highest BCUT2D eigenvalue weighted by Crippen LogP contribution is 2.23. The maximum absolute atomic E-state index is 12.2. The van der Waals surface area contributed by atoms with Crippen molar-refractivity contribution >= 4 is 45.7 Å². The van der Waals surface area contributed by atoms with Gasteiger partial charge in [-0.1, -0.05) is 0 Å². The van der Waals surface area contributed by atoms with Gasteiger partial charge < -0.3 is 19.9 Å². The van der Waals surface area contributed by atoms with Crippen molar-refractivity contribution in [1.82, 2.24) is 15.1 Å². The summed E-state index contributed by atoms with van der Waals surface area (Å²) in [6.45, 7) is 5.60. The van der Waals surface area contributed by atoms with Crippen molar-refractivity contribution in [3.63, 3.8) is 0 Å². The van der Waals surface area contributed by atoms with E-state index in [1.807, 2.05) is 4.90 Å². The molecule has 2 heterocycles. The molecule has 2 aliphatic heterocycles. The van der Waals surface area contributed by atoms with Gasteiger partial charge in [0.15, 0.2) is 15.8 Å². The number of hydrogen-bond acceptors (Lipinski definition) is 5. The molecule has 0 spiro atoms. The van der Waals surface area contributed by atoms with Gasteiger partial charge in [-0.05, 0) is 26.7 Å². The lowest BCUT2D eigenvalue weighted by atomic mass is 10.2. The van der Waals surface area contributed by atoms with Crippen LogP contribution in [0.2, 0.25) is 0 Å². The average molecular weight is 502 g/mol. The summed E-state index contributed by atoms with van der Waals surface area (Å²) in [7, 11) is 0.250. The molecule has 0 bridgehead atoms. The van der Waals surface area contributed by atoms with Crippen LogP contribution in [0.5, 0.6) is 0 Å². The van der Waals surface area contributed by atoms with Crippen LogP contribution in [-0.2, 0) is 19.4 Å². The largest absolute Gasteiger partial charge is 0.376 e. The molecule has 2 aliphatic rings. The van der Waals surface area contributed by atoms with Crippen molar-refractivity contribution in [1.29, 1.82) is 0 Å². The highest BCUT2D eigenvalue weighted by molar-refractivity contribution is 14.0. The summed E-state index contributed by atoms with van der Waals surface area (Å²) >= 11 is 0. The predicted octanol–water partition coefficient (Wildman–Crippen LogP) is 0.326. The topological polar surface area (TPSA) is 91.3 Å². The zero-order valence-electron chi connectivity index (χ0n) is 16.0. The average Bonchev–Trinajstić information content (AvgIpc) is 3.03. The minimum absolute atomic E-state index is 0. The van der Waals surface area contributed by atoms with Gasteiger partial charge in [0.1, 0.15) is 6.54 Å². The number of carbonyl (C=O) groups excluding carboxylic acids is 1. The molecular weight excluding hydrogens is 471 g/mol. The second-order valence-electron chi connectivity index (χ2n) is 7.44. The van der Waals surface area contributed by atoms with Gasteiger partial charge in [-0.3, -0.25) is 4.79 Å². The smallest absolute Gasteiger partial charge is 0.243 e. The molecule has 0 aromatic carbocycles. The monoisotopic (exact) mass is 502 g/mol. The fourth-order valence-corrected chi connectivity index (χ4v) is 4.25. The minimum Gasteiger partial charge on any atom is -0.376 e. The molecule has 1 N–H and O–H groups in total. The fourth-order valence-electron chi connectivity index (χ4n) is 2.89. The standard InChI is InChI=1S/C16H30N4O4S.HI/c1-16(2)12-20(7-9-25(16,22)23)15(18-11-14(21)19(3)4)17-10-13-6-5-8-24-13;/h13H,5-12H2,1-4H3,(H,17,18);1H. The third-order valence-electron chi connectivity index (χ3n) is 4.72. The molecule has 2 rings (SSSR count). The van der Waals surface area contributed by atoms with Gasteiger partial charge in [-0.25, -0.2) is 13.4 Å². The first-order chi connectivity index (χ1) is 11.6. The quantitative estimate of drug-likeness (QED) is 0.339. The number of nitrogens with zero attached hydrogens (tertiary/aromatic N) is 3. The minimum atomic E-state index is -3.13. The Morgan fingerprint density at radius 1 is 1.38 bits per heavy atom. The normalized spacial score (nSPS) is 24.7. The Morgan fingerprint density at radius 3 is 2.62 bits per heavy atom. The Morgan fingerprint density at radius 2 is 2.08 bits per heavy atom. The molecule has 0 aromatic rings. The molecule has 1 unspecified atom stereocenters. The Kier molecular flexibility index (Phi) is 8.59. The number of guanidine groups is 1. The molecule has 8 nitrogen and oxygen atoms in total. The molecule has 152 valence electrons. The number of nitrogens with one attached hydrogen (secondary N) is 1. The number of halogens is 1. The van der Waals surface area contributed by atoms with Crippen molar-refractivity contribution in [3.8, 4) is 0 Å². The molecule has 0 radical (unpaired) electrons. The van der Waals surface area contributed by atoms with Crippen LogP contribution in [0, 0.1) is 0 Å². The fraction of sp³-hybridized carbons (Fsp3) is 0.875. The Labute approximate surface area is 173 Å². The van der Waals surface area contributed by atoms with E-state index in [1.54, 1.807) is 27.9 Å². The molecule has 1 amide bonds. The summed E-state index contributed by atoms with van der Waals surface area (Å²) in [5.74, 6) is 0.566. The van der Waals surface area contributed by atoms with Crippen LogP contribution in [-0.4, -0.2) is 93.6 Å². The Hall–Kier alpha value is -0.620. The molecule has 26 heavy (non-hydrogen) atoms. The summed E-state index contributed by atoms with van der Waals surface area (Å²) in [6, 6.07) is 0. The van der Waals surface area contributed by atoms with E-state index in [0.29, 0.717) is 25.6 Å². The van der Waals surface area contributed by atoms with Crippen LogP contribution in [0.25, 0.3) is 0 Å². The number of likely N-dealkylation sites (N-methyl/N-ethyl adjacent to an activating group) is 1. The van der Waals surface area contributed by atoms with Crippen LogP contribution >= 0.6 is 24.0 Å². The van der Waals surface area contributed by atoms with Crippen molar-refractivity contribution in [2.45, 2.75) is 37.5 Å². The van der Waals surface area contributed by atoms with Gasteiger partial charge in [0.05, 0.1) is 16.6 Å². The Bertz CT molecular complexity index is 616. The van der Waals surface area contributed by atoms with E-state index in [0.717, 1.165) is 19.4 Å². The van der Waals surface area contributed by atoms with E-state index >= 15 is 0 Å². The van der Waals surface area contributed by atoms with Gasteiger partial charge in [-0.2, -0.15) is 0 Å². The summed E-state index contributed by atoms with van der Waals surface area (Å²) in [4.78, 5) is 19.7. The summed E-state index contributed by atoms with van der Waals surface area (Å²) in [6.07, 6.45) is 2.18. The van der Waals surface area contributed by atoms with Gasteiger partial charge in [0, 0.05) is 40.3 Å². The molecular formula is C16H31IN4O4S. The highest BCUT2D eigenvalue weighted by atomic mass is 127. The third kappa shape index (κ3) is 5.95. The molecule has 2 saturated heterocycles. The summed E-state index contributed by atoms with van der Waals surface area (Å²) in [5.41, 5.74) is 0. The van der Waals surface area contributed by atoms with Gasteiger partial charge in [0.25, 0.3) is 0 Å². The predicted molar refractivity (Wildman–Crippen MR) is 113 cm³/mol. The number of ether oxygens (including phenoxy) is 1. The first-order valence-electron chi connectivity index (χ1n) is 8.70. The molecule has 0 aromatic heterocycles. The molecule has 1 atom stereocenters. The molecule has 10 heteroatoms. The zero-order valence-corrected chi connectivity index (χ0v) is 19.2. The van der Waals surface area contributed by atoms with Crippen LogP contribution in [0.1, 0.15) is 26.7 Å². The third-order valence-corrected chi connectivity index (χ3v) is 7.25. The van der Waals surface area contributed by atoms with E-state index in [9.17, 15) is 13.2 Å². The number of carbonyl (C=O) groups is 1. The van der Waals surface area contributed by atoms with Crippen molar-refractivity contribution in [2.24, 2.45) is 4.99 Å². The number of aliphatic imine (C=N–C) groups is 1.